The van der Waals surface area contributed by atoms with Crippen LogP contribution >= 0.6 is 12.2 Å². The lowest BCUT2D eigenvalue weighted by atomic mass is 9.98. The van der Waals surface area contributed by atoms with E-state index in [2.05, 4.69) is 36.5 Å². The van der Waals surface area contributed by atoms with Crippen LogP contribution in [0.4, 0.5) is 5.69 Å². The molecule has 3 rings (SSSR count). The largest absolute Gasteiger partial charge is 0.389 e. The Bertz CT molecular complexity index is 659. The topological polar surface area (TPSA) is 38.0 Å². The van der Waals surface area contributed by atoms with Crippen molar-refractivity contribution in [3.63, 3.8) is 0 Å². The predicted molar refractivity (Wildman–Crippen MR) is 94.9 cm³/mol. The Labute approximate surface area is 131 Å². The van der Waals surface area contributed by atoms with Crippen LogP contribution in [0.25, 0.3) is 10.8 Å². The maximum atomic E-state index is 5.84. The van der Waals surface area contributed by atoms with Crippen LogP contribution in [0.2, 0.25) is 0 Å². The normalized spacial score (nSPS) is 17.0. The van der Waals surface area contributed by atoms with Crippen LogP contribution in [-0.4, -0.2) is 11.0 Å². The molecule has 21 heavy (non-hydrogen) atoms. The van der Waals surface area contributed by atoms with Gasteiger partial charge in [-0.1, -0.05) is 49.3 Å². The number of thiocarbonyl (C=S) groups is 1. The van der Waals surface area contributed by atoms with Gasteiger partial charge in [0.05, 0.1) is 0 Å². The second-order valence-electron chi connectivity index (χ2n) is 6.05. The summed E-state index contributed by atoms with van der Waals surface area (Å²) >= 11 is 5.17. The van der Waals surface area contributed by atoms with Gasteiger partial charge in [0.25, 0.3) is 0 Å². The maximum Gasteiger partial charge on any atom is 0.104 e. The van der Waals surface area contributed by atoms with Crippen LogP contribution < -0.4 is 11.1 Å². The molecule has 1 saturated carbocycles. The highest BCUT2D eigenvalue weighted by Gasteiger charge is 2.21. The summed E-state index contributed by atoms with van der Waals surface area (Å²) in [5, 5.41) is 6.04. The third-order valence-corrected chi connectivity index (χ3v) is 4.90. The van der Waals surface area contributed by atoms with E-state index in [9.17, 15) is 0 Å². The number of nitrogens with one attached hydrogen (secondary N) is 1. The SMILES string of the molecule is CC(Nc1ccc(C(N)=S)c2ccccc12)C1CCCC1. The number of hydrogen-bond donors (Lipinski definition) is 2. The van der Waals surface area contributed by atoms with E-state index in [1.165, 1.54) is 36.8 Å². The standard InChI is InChI=1S/C18H22N2S/c1-12(13-6-2-3-7-13)20-17-11-10-16(18(19)21)14-8-4-5-9-15(14)17/h4-5,8-13,20H,2-3,6-7H2,1H3,(H2,19,21). The summed E-state index contributed by atoms with van der Waals surface area (Å²) in [4.78, 5) is 0.460. The summed E-state index contributed by atoms with van der Waals surface area (Å²) in [7, 11) is 0. The van der Waals surface area contributed by atoms with Gasteiger partial charge in [-0.05, 0) is 43.2 Å². The van der Waals surface area contributed by atoms with E-state index < -0.39 is 0 Å². The first kappa shape index (κ1) is 14.3. The molecular weight excluding hydrogens is 276 g/mol. The molecule has 3 heteroatoms. The van der Waals surface area contributed by atoms with Crippen molar-refractivity contribution in [1.29, 1.82) is 0 Å². The molecule has 3 N–H and O–H groups in total. The third kappa shape index (κ3) is 2.88. The zero-order valence-electron chi connectivity index (χ0n) is 12.4. The first-order chi connectivity index (χ1) is 10.2. The van der Waals surface area contributed by atoms with Gasteiger partial charge in [0.2, 0.25) is 0 Å². The van der Waals surface area contributed by atoms with E-state index >= 15 is 0 Å². The molecule has 1 unspecified atom stereocenters. The molecule has 0 saturated heterocycles. The van der Waals surface area contributed by atoms with Crippen LogP contribution in [0.3, 0.4) is 0 Å². The molecule has 0 amide bonds. The Morgan fingerprint density at radius 2 is 1.81 bits per heavy atom. The molecule has 0 aliphatic heterocycles. The van der Waals surface area contributed by atoms with Crippen LogP contribution in [0.1, 0.15) is 38.2 Å². The molecule has 1 atom stereocenters. The van der Waals surface area contributed by atoms with Gasteiger partial charge in [-0.3, -0.25) is 0 Å². The van der Waals surface area contributed by atoms with E-state index in [4.69, 9.17) is 18.0 Å². The zero-order chi connectivity index (χ0) is 14.8. The van der Waals surface area contributed by atoms with Gasteiger partial charge in [-0.2, -0.15) is 0 Å². The number of fused-ring (bicyclic) bond motifs is 1. The van der Waals surface area contributed by atoms with Crippen molar-refractivity contribution in [3.05, 3.63) is 42.0 Å². The molecule has 2 aromatic rings. The van der Waals surface area contributed by atoms with Gasteiger partial charge in [0.15, 0.2) is 0 Å². The monoisotopic (exact) mass is 298 g/mol. The molecule has 0 spiro atoms. The maximum absolute atomic E-state index is 5.84. The molecular formula is C18H22N2S. The van der Waals surface area contributed by atoms with Gasteiger partial charge in [0.1, 0.15) is 4.99 Å². The fraction of sp³-hybridized carbons (Fsp3) is 0.389. The van der Waals surface area contributed by atoms with Crippen molar-refractivity contribution in [2.24, 2.45) is 11.7 Å². The van der Waals surface area contributed by atoms with Gasteiger partial charge >= 0.3 is 0 Å². The van der Waals surface area contributed by atoms with Crippen LogP contribution in [0, 0.1) is 5.92 Å². The highest BCUT2D eigenvalue weighted by atomic mass is 32.1. The molecule has 2 aromatic carbocycles. The Balaban J connectivity index is 1.95. The molecule has 0 aromatic heterocycles. The molecule has 1 aliphatic carbocycles. The Hall–Kier alpha value is -1.61. The molecule has 110 valence electrons. The number of benzene rings is 2. The van der Waals surface area contributed by atoms with Crippen molar-refractivity contribution < 1.29 is 0 Å². The minimum atomic E-state index is 0.460. The van der Waals surface area contributed by atoms with Crippen molar-refractivity contribution in [2.75, 3.05) is 5.32 Å². The van der Waals surface area contributed by atoms with Crippen LogP contribution in [0.15, 0.2) is 36.4 Å². The highest BCUT2D eigenvalue weighted by molar-refractivity contribution is 7.80. The number of nitrogens with two attached hydrogens (primary N) is 1. The quantitative estimate of drug-likeness (QED) is 0.818. The molecule has 2 nitrogen and oxygen atoms in total. The minimum absolute atomic E-state index is 0.460. The second-order valence-corrected chi connectivity index (χ2v) is 6.49. The van der Waals surface area contributed by atoms with Crippen molar-refractivity contribution in [1.82, 2.24) is 0 Å². The average Bonchev–Trinajstić information content (AvgIpc) is 3.01. The molecule has 0 bridgehead atoms. The average molecular weight is 298 g/mol. The first-order valence-corrected chi connectivity index (χ1v) is 8.15. The Morgan fingerprint density at radius 3 is 2.48 bits per heavy atom. The first-order valence-electron chi connectivity index (χ1n) is 7.75. The van der Waals surface area contributed by atoms with E-state index in [1.54, 1.807) is 0 Å². The van der Waals surface area contributed by atoms with Gasteiger partial charge in [-0.25, -0.2) is 0 Å². The highest BCUT2D eigenvalue weighted by Crippen LogP contribution is 2.32. The molecule has 0 heterocycles. The van der Waals surface area contributed by atoms with Gasteiger partial charge in [0, 0.05) is 22.7 Å². The van der Waals surface area contributed by atoms with E-state index in [0.717, 1.165) is 16.9 Å². The van der Waals surface area contributed by atoms with Crippen LogP contribution in [0.5, 0.6) is 0 Å². The minimum Gasteiger partial charge on any atom is -0.389 e. The van der Waals surface area contributed by atoms with Gasteiger partial charge < -0.3 is 11.1 Å². The summed E-state index contributed by atoms with van der Waals surface area (Å²) in [6.45, 7) is 2.30. The van der Waals surface area contributed by atoms with Crippen molar-refractivity contribution >= 4 is 33.7 Å². The zero-order valence-corrected chi connectivity index (χ0v) is 13.2. The summed E-state index contributed by atoms with van der Waals surface area (Å²) in [6.07, 6.45) is 5.43. The van der Waals surface area contributed by atoms with Gasteiger partial charge in [-0.15, -0.1) is 0 Å². The third-order valence-electron chi connectivity index (χ3n) is 4.68. The van der Waals surface area contributed by atoms with Crippen molar-refractivity contribution in [3.8, 4) is 0 Å². The number of hydrogen-bond acceptors (Lipinski definition) is 2. The summed E-state index contributed by atoms with van der Waals surface area (Å²) in [5.41, 5.74) is 7.98. The fourth-order valence-electron chi connectivity index (χ4n) is 3.46. The van der Waals surface area contributed by atoms with Crippen LogP contribution in [-0.2, 0) is 0 Å². The fourth-order valence-corrected chi connectivity index (χ4v) is 3.64. The lowest BCUT2D eigenvalue weighted by Gasteiger charge is -2.23. The molecule has 1 aliphatic rings. The predicted octanol–water partition coefficient (Wildman–Crippen LogP) is 4.46. The molecule has 0 radical (unpaired) electrons. The lowest BCUT2D eigenvalue weighted by Crippen LogP contribution is -2.24. The van der Waals surface area contributed by atoms with E-state index in [0.29, 0.717) is 11.0 Å². The Kier molecular flexibility index (Phi) is 4.11. The summed E-state index contributed by atoms with van der Waals surface area (Å²) < 4.78 is 0. The smallest absolute Gasteiger partial charge is 0.104 e. The number of anilines is 1. The number of rotatable bonds is 4. The molecule has 1 fully saturated rings. The summed E-state index contributed by atoms with van der Waals surface area (Å²) in [6, 6.07) is 13.0. The van der Waals surface area contributed by atoms with E-state index in [1.807, 2.05) is 12.1 Å². The lowest BCUT2D eigenvalue weighted by molar-refractivity contribution is 0.482. The van der Waals surface area contributed by atoms with E-state index in [-0.39, 0.29) is 0 Å². The summed E-state index contributed by atoms with van der Waals surface area (Å²) in [5.74, 6) is 0.791. The second kappa shape index (κ2) is 6.02. The van der Waals surface area contributed by atoms with Crippen molar-refractivity contribution in [2.45, 2.75) is 38.6 Å². The Morgan fingerprint density at radius 1 is 1.14 bits per heavy atom.